The number of carbonyl (C=O) groups excluding carboxylic acids is 2. The number of carbonyl (C=O) groups is 2. The molecule has 0 amide bonds. The molecule has 1 N–H and O–H groups in total. The monoisotopic (exact) mass is 377 g/mol. The Hall–Kier alpha value is -3.67. The first kappa shape index (κ1) is 19.1. The number of hydrogen-bond donors (Lipinski definition) is 1. The van der Waals surface area contributed by atoms with Crippen LogP contribution in [0, 0.1) is 0 Å². The Morgan fingerprint density at radius 1 is 0.964 bits per heavy atom. The lowest BCUT2D eigenvalue weighted by molar-refractivity contribution is -0.147. The average Bonchev–Trinajstić information content (AvgIpc) is 2.71. The second-order valence-corrected chi connectivity index (χ2v) is 5.93. The second-order valence-electron chi connectivity index (χ2n) is 5.93. The SMILES string of the molecule is CCOC(=O)/C(=C\c1ccc2cccc(O)c2n1)C(=O)OCc1ccccc1. The van der Waals surface area contributed by atoms with E-state index in [1.807, 2.05) is 30.3 Å². The highest BCUT2D eigenvalue weighted by Gasteiger charge is 2.22. The van der Waals surface area contributed by atoms with Gasteiger partial charge in [-0.15, -0.1) is 0 Å². The lowest BCUT2D eigenvalue weighted by Gasteiger charge is -2.08. The predicted molar refractivity (Wildman–Crippen MR) is 104 cm³/mol. The van der Waals surface area contributed by atoms with E-state index < -0.39 is 11.9 Å². The van der Waals surface area contributed by atoms with Gasteiger partial charge in [-0.05, 0) is 30.7 Å². The summed E-state index contributed by atoms with van der Waals surface area (Å²) in [6.07, 6.45) is 1.30. The number of pyridine rings is 1. The third-order valence-electron chi connectivity index (χ3n) is 3.94. The van der Waals surface area contributed by atoms with Gasteiger partial charge >= 0.3 is 11.9 Å². The van der Waals surface area contributed by atoms with Gasteiger partial charge in [-0.2, -0.15) is 0 Å². The maximum absolute atomic E-state index is 12.5. The number of fused-ring (bicyclic) bond motifs is 1. The van der Waals surface area contributed by atoms with Gasteiger partial charge in [0, 0.05) is 5.39 Å². The number of phenolic OH excluding ortho intramolecular Hbond substituents is 1. The molecule has 0 aliphatic rings. The highest BCUT2D eigenvalue weighted by molar-refractivity contribution is 6.17. The van der Waals surface area contributed by atoms with Crippen molar-refractivity contribution >= 4 is 28.9 Å². The molecule has 0 atom stereocenters. The van der Waals surface area contributed by atoms with Crippen LogP contribution >= 0.6 is 0 Å². The molecule has 28 heavy (non-hydrogen) atoms. The number of hydrogen-bond acceptors (Lipinski definition) is 6. The summed E-state index contributed by atoms with van der Waals surface area (Å²) in [5.41, 5.74) is 1.23. The Kier molecular flexibility index (Phi) is 6.01. The molecule has 1 aromatic heterocycles. The highest BCUT2D eigenvalue weighted by Crippen LogP contribution is 2.23. The molecule has 0 bridgehead atoms. The van der Waals surface area contributed by atoms with E-state index in [0.29, 0.717) is 11.2 Å². The van der Waals surface area contributed by atoms with E-state index in [1.165, 1.54) is 12.1 Å². The Balaban J connectivity index is 1.89. The molecule has 142 valence electrons. The first-order valence-corrected chi connectivity index (χ1v) is 8.77. The van der Waals surface area contributed by atoms with Crippen LogP contribution in [0.25, 0.3) is 17.0 Å². The number of rotatable bonds is 6. The van der Waals surface area contributed by atoms with Crippen LogP contribution in [-0.2, 0) is 25.7 Å². The maximum atomic E-state index is 12.5. The summed E-state index contributed by atoms with van der Waals surface area (Å²) < 4.78 is 10.2. The standard InChI is InChI=1S/C22H19NO5/c1-2-27-21(25)18(22(26)28-14-15-7-4-3-5-8-15)13-17-12-11-16-9-6-10-19(24)20(16)23-17/h3-13,24H,2,14H2,1H3/b18-13+. The molecule has 0 saturated carbocycles. The predicted octanol–water partition coefficient (Wildman–Crippen LogP) is 3.63. The van der Waals surface area contributed by atoms with Gasteiger partial charge in [0.15, 0.2) is 0 Å². The summed E-state index contributed by atoms with van der Waals surface area (Å²) in [5, 5.41) is 10.7. The molecule has 2 aromatic carbocycles. The molecular weight excluding hydrogens is 358 g/mol. The maximum Gasteiger partial charge on any atom is 0.345 e. The molecule has 1 heterocycles. The molecule has 0 aliphatic carbocycles. The number of aromatic nitrogens is 1. The minimum Gasteiger partial charge on any atom is -0.506 e. The molecule has 3 rings (SSSR count). The molecule has 0 saturated heterocycles. The molecule has 0 aliphatic heterocycles. The van der Waals surface area contributed by atoms with E-state index in [0.717, 1.165) is 10.9 Å². The van der Waals surface area contributed by atoms with Crippen molar-refractivity contribution in [1.82, 2.24) is 4.98 Å². The van der Waals surface area contributed by atoms with Crippen LogP contribution < -0.4 is 0 Å². The van der Waals surface area contributed by atoms with Crippen molar-refractivity contribution in [2.45, 2.75) is 13.5 Å². The first-order valence-electron chi connectivity index (χ1n) is 8.77. The van der Waals surface area contributed by atoms with E-state index >= 15 is 0 Å². The van der Waals surface area contributed by atoms with E-state index in [9.17, 15) is 14.7 Å². The molecule has 3 aromatic rings. The largest absolute Gasteiger partial charge is 0.506 e. The Morgan fingerprint density at radius 3 is 2.46 bits per heavy atom. The molecule has 0 unspecified atom stereocenters. The van der Waals surface area contributed by atoms with Crippen LogP contribution in [0.3, 0.4) is 0 Å². The van der Waals surface area contributed by atoms with Crippen LogP contribution in [-0.4, -0.2) is 28.6 Å². The number of ether oxygens (including phenoxy) is 2. The summed E-state index contributed by atoms with van der Waals surface area (Å²) in [5.74, 6) is -1.58. The van der Waals surface area contributed by atoms with Gasteiger partial charge in [-0.25, -0.2) is 14.6 Å². The van der Waals surface area contributed by atoms with Gasteiger partial charge < -0.3 is 14.6 Å². The smallest absolute Gasteiger partial charge is 0.345 e. The first-order chi connectivity index (χ1) is 13.6. The van der Waals surface area contributed by atoms with Gasteiger partial charge in [-0.3, -0.25) is 0 Å². The Morgan fingerprint density at radius 2 is 1.71 bits per heavy atom. The minimum absolute atomic E-state index is 0.0112. The van der Waals surface area contributed by atoms with Crippen molar-refractivity contribution in [3.63, 3.8) is 0 Å². The zero-order valence-corrected chi connectivity index (χ0v) is 15.3. The van der Waals surface area contributed by atoms with Gasteiger partial charge in [0.2, 0.25) is 0 Å². The van der Waals surface area contributed by atoms with Crippen molar-refractivity contribution < 1.29 is 24.2 Å². The fourth-order valence-electron chi connectivity index (χ4n) is 2.59. The lowest BCUT2D eigenvalue weighted by Crippen LogP contribution is -2.18. The van der Waals surface area contributed by atoms with Gasteiger partial charge in [0.1, 0.15) is 23.4 Å². The highest BCUT2D eigenvalue weighted by atomic mass is 16.6. The molecule has 6 nitrogen and oxygen atoms in total. The van der Waals surface area contributed by atoms with E-state index in [-0.39, 0.29) is 24.5 Å². The lowest BCUT2D eigenvalue weighted by atomic mass is 10.1. The van der Waals surface area contributed by atoms with Crippen molar-refractivity contribution in [3.8, 4) is 5.75 Å². The summed E-state index contributed by atoms with van der Waals surface area (Å²) in [6.45, 7) is 1.80. The number of esters is 2. The number of benzene rings is 2. The Labute approximate surface area is 162 Å². The van der Waals surface area contributed by atoms with E-state index in [4.69, 9.17) is 9.47 Å². The van der Waals surface area contributed by atoms with Gasteiger partial charge in [0.25, 0.3) is 0 Å². The van der Waals surface area contributed by atoms with Gasteiger partial charge in [-0.1, -0.05) is 48.5 Å². The van der Waals surface area contributed by atoms with Crippen molar-refractivity contribution in [2.24, 2.45) is 0 Å². The summed E-state index contributed by atoms with van der Waals surface area (Å²) in [6, 6.07) is 17.6. The third kappa shape index (κ3) is 4.54. The fourth-order valence-corrected chi connectivity index (χ4v) is 2.59. The summed E-state index contributed by atoms with van der Waals surface area (Å²) in [7, 11) is 0. The summed E-state index contributed by atoms with van der Waals surface area (Å²) >= 11 is 0. The molecular formula is C22H19NO5. The van der Waals surface area contributed by atoms with E-state index in [1.54, 1.807) is 31.2 Å². The third-order valence-corrected chi connectivity index (χ3v) is 3.94. The van der Waals surface area contributed by atoms with Gasteiger partial charge in [0.05, 0.1) is 12.3 Å². The number of phenols is 1. The van der Waals surface area contributed by atoms with Crippen LogP contribution in [0.4, 0.5) is 0 Å². The molecule has 0 spiro atoms. The minimum atomic E-state index is -0.804. The number of para-hydroxylation sites is 1. The second kappa shape index (κ2) is 8.81. The van der Waals surface area contributed by atoms with Crippen molar-refractivity contribution in [1.29, 1.82) is 0 Å². The zero-order chi connectivity index (χ0) is 19.9. The Bertz CT molecular complexity index is 1030. The number of aromatic hydroxyl groups is 1. The zero-order valence-electron chi connectivity index (χ0n) is 15.3. The van der Waals surface area contributed by atoms with Crippen molar-refractivity contribution in [3.05, 3.63) is 77.5 Å². The summed E-state index contributed by atoms with van der Waals surface area (Å²) in [4.78, 5) is 29.1. The molecule has 0 radical (unpaired) electrons. The fraction of sp³-hybridized carbons (Fsp3) is 0.136. The van der Waals surface area contributed by atoms with E-state index in [2.05, 4.69) is 4.98 Å². The quantitative estimate of drug-likeness (QED) is 0.306. The number of nitrogens with zero attached hydrogens (tertiary/aromatic N) is 1. The van der Waals surface area contributed by atoms with Crippen LogP contribution in [0.2, 0.25) is 0 Å². The van der Waals surface area contributed by atoms with Crippen LogP contribution in [0.5, 0.6) is 5.75 Å². The molecule has 6 heteroatoms. The molecule has 0 fully saturated rings. The average molecular weight is 377 g/mol. The van der Waals surface area contributed by atoms with Crippen LogP contribution in [0.15, 0.2) is 66.2 Å². The normalized spacial score (nSPS) is 11.2. The van der Waals surface area contributed by atoms with Crippen LogP contribution in [0.1, 0.15) is 18.2 Å². The topological polar surface area (TPSA) is 85.7 Å². The van der Waals surface area contributed by atoms with Crippen molar-refractivity contribution in [2.75, 3.05) is 6.61 Å².